The number of hydrogen-bond donors (Lipinski definition) is 0. The molecule has 0 aromatic heterocycles. The van der Waals surface area contributed by atoms with Crippen LogP contribution in [-0.2, 0) is 17.7 Å². The van der Waals surface area contributed by atoms with E-state index in [-0.39, 0.29) is 10.6 Å². The van der Waals surface area contributed by atoms with Crippen molar-refractivity contribution < 1.29 is 23.7 Å². The van der Waals surface area contributed by atoms with Gasteiger partial charge >= 0.3 is 5.97 Å². The van der Waals surface area contributed by atoms with Gasteiger partial charge in [0.1, 0.15) is 12.3 Å². The van der Waals surface area contributed by atoms with Crippen LogP contribution in [0.1, 0.15) is 46.3 Å². The Labute approximate surface area is 218 Å². The number of benzene rings is 3. The predicted molar refractivity (Wildman–Crippen MR) is 143 cm³/mol. The highest BCUT2D eigenvalue weighted by molar-refractivity contribution is 5.94. The average Bonchev–Trinajstić information content (AvgIpc) is 3.25. The molecule has 3 aromatic rings. The van der Waals surface area contributed by atoms with E-state index >= 15 is 0 Å². The summed E-state index contributed by atoms with van der Waals surface area (Å²) >= 11 is 0. The van der Waals surface area contributed by atoms with Crippen LogP contribution in [0.3, 0.4) is 0 Å². The number of quaternary nitrogens is 1. The van der Waals surface area contributed by atoms with Crippen LogP contribution in [0.2, 0.25) is 0 Å². The summed E-state index contributed by atoms with van der Waals surface area (Å²) in [6.07, 6.45) is 3.18. The van der Waals surface area contributed by atoms with Gasteiger partial charge in [0.25, 0.3) is 0 Å². The standard InChI is InChI=1S/C31H33NO5/c1-35-28-19-25-18-26(17-22-13-15-32(34,16-14-22)21-23-9-5-3-6-10-23)30(27(25)20-29(28)36-2)37-31(33)24-11-7-4-8-12-24/h3-12,19-20,22H,13-18,21H2,1-2H3. The van der Waals surface area contributed by atoms with E-state index in [1.807, 2.05) is 60.7 Å². The highest BCUT2D eigenvalue weighted by atomic mass is 16.5. The molecule has 1 aliphatic heterocycles. The fourth-order valence-corrected chi connectivity index (χ4v) is 5.52. The molecule has 6 heteroatoms. The van der Waals surface area contributed by atoms with Gasteiger partial charge in [0, 0.05) is 24.0 Å². The van der Waals surface area contributed by atoms with Crippen LogP contribution in [0.5, 0.6) is 11.5 Å². The zero-order chi connectivity index (χ0) is 25.8. The van der Waals surface area contributed by atoms with Crippen LogP contribution in [-0.4, -0.2) is 37.9 Å². The smallest absolute Gasteiger partial charge is 0.343 e. The van der Waals surface area contributed by atoms with E-state index in [0.717, 1.165) is 41.5 Å². The molecule has 0 radical (unpaired) electrons. The van der Waals surface area contributed by atoms with Crippen LogP contribution in [0, 0.1) is 11.1 Å². The molecule has 3 aromatic carbocycles. The van der Waals surface area contributed by atoms with Crippen LogP contribution in [0.15, 0.2) is 78.4 Å². The molecule has 1 fully saturated rings. The van der Waals surface area contributed by atoms with Crippen molar-refractivity contribution in [2.45, 2.75) is 32.2 Å². The molecule has 2 aliphatic rings. The monoisotopic (exact) mass is 499 g/mol. The van der Waals surface area contributed by atoms with Gasteiger partial charge < -0.3 is 24.1 Å². The van der Waals surface area contributed by atoms with E-state index in [2.05, 4.69) is 0 Å². The Kier molecular flexibility index (Phi) is 7.31. The van der Waals surface area contributed by atoms with Crippen molar-refractivity contribution in [3.05, 3.63) is 106 Å². The predicted octanol–water partition coefficient (Wildman–Crippen LogP) is 6.14. The Morgan fingerprint density at radius 3 is 2.19 bits per heavy atom. The molecule has 0 spiro atoms. The number of fused-ring (bicyclic) bond motifs is 1. The third-order valence-corrected chi connectivity index (χ3v) is 7.52. The molecule has 0 atom stereocenters. The number of carbonyl (C=O) groups excluding carboxylic acids is 1. The van der Waals surface area contributed by atoms with E-state index in [4.69, 9.17) is 14.2 Å². The van der Waals surface area contributed by atoms with Crippen molar-refractivity contribution >= 4 is 11.7 Å². The second kappa shape index (κ2) is 10.8. The van der Waals surface area contributed by atoms with Crippen molar-refractivity contribution in [3.63, 3.8) is 0 Å². The number of hydrogen-bond acceptors (Lipinski definition) is 5. The van der Waals surface area contributed by atoms with Crippen LogP contribution in [0.4, 0.5) is 0 Å². The van der Waals surface area contributed by atoms with Gasteiger partial charge in [0.2, 0.25) is 0 Å². The number of esters is 1. The first-order valence-corrected chi connectivity index (χ1v) is 12.8. The van der Waals surface area contributed by atoms with Crippen molar-refractivity contribution in [1.29, 1.82) is 0 Å². The summed E-state index contributed by atoms with van der Waals surface area (Å²) in [5.41, 5.74) is 4.61. The maximum Gasteiger partial charge on any atom is 0.343 e. The first-order chi connectivity index (χ1) is 18.0. The van der Waals surface area contributed by atoms with Gasteiger partial charge in [-0.2, -0.15) is 0 Å². The zero-order valence-electron chi connectivity index (χ0n) is 21.4. The fourth-order valence-electron chi connectivity index (χ4n) is 5.52. The summed E-state index contributed by atoms with van der Waals surface area (Å²) in [5, 5.41) is 13.4. The summed E-state index contributed by atoms with van der Waals surface area (Å²) in [6, 6.07) is 22.9. The summed E-state index contributed by atoms with van der Waals surface area (Å²) < 4.78 is 16.9. The van der Waals surface area contributed by atoms with Gasteiger partial charge in [0.15, 0.2) is 11.5 Å². The maximum atomic E-state index is 13.4. The van der Waals surface area contributed by atoms with E-state index in [1.54, 1.807) is 26.4 Å². The quantitative estimate of drug-likeness (QED) is 0.211. The molecular weight excluding hydrogens is 466 g/mol. The lowest BCUT2D eigenvalue weighted by molar-refractivity contribution is -0.899. The van der Waals surface area contributed by atoms with Gasteiger partial charge in [0.05, 0.1) is 32.9 Å². The Hall–Kier alpha value is -3.61. The highest BCUT2D eigenvalue weighted by Gasteiger charge is 2.32. The van der Waals surface area contributed by atoms with E-state index in [9.17, 15) is 10.0 Å². The lowest BCUT2D eigenvalue weighted by atomic mass is 9.88. The number of hydroxylamine groups is 3. The summed E-state index contributed by atoms with van der Waals surface area (Å²) in [7, 11) is 3.22. The number of carbonyl (C=O) groups is 1. The third kappa shape index (κ3) is 5.55. The normalized spacial score (nSPS) is 20.9. The number of likely N-dealkylation sites (tertiary alicyclic amines) is 1. The second-order valence-corrected chi connectivity index (χ2v) is 10.0. The van der Waals surface area contributed by atoms with E-state index < -0.39 is 0 Å². The number of rotatable bonds is 8. The van der Waals surface area contributed by atoms with Crippen molar-refractivity contribution in [1.82, 2.24) is 0 Å². The molecule has 0 N–H and O–H groups in total. The van der Waals surface area contributed by atoms with Crippen molar-refractivity contribution in [3.8, 4) is 11.5 Å². The molecular formula is C31H33NO5. The van der Waals surface area contributed by atoms with Gasteiger partial charge in [-0.25, -0.2) is 4.79 Å². The van der Waals surface area contributed by atoms with Gasteiger partial charge in [-0.05, 0) is 54.2 Å². The van der Waals surface area contributed by atoms with Crippen LogP contribution < -0.4 is 9.47 Å². The molecule has 192 valence electrons. The maximum absolute atomic E-state index is 13.4. The highest BCUT2D eigenvalue weighted by Crippen LogP contribution is 2.44. The Balaban J connectivity index is 1.36. The first kappa shape index (κ1) is 25.1. The minimum atomic E-state index is -0.377. The second-order valence-electron chi connectivity index (χ2n) is 10.0. The lowest BCUT2D eigenvalue weighted by Crippen LogP contribution is -2.47. The van der Waals surface area contributed by atoms with Crippen molar-refractivity contribution in [2.24, 2.45) is 5.92 Å². The molecule has 0 saturated carbocycles. The molecule has 0 bridgehead atoms. The molecule has 1 saturated heterocycles. The SMILES string of the molecule is COc1cc2c(cc1OC)C(OC(=O)c1ccccc1)=C(CC1CC[N+]([O-])(Cc3ccccc3)CC1)C2. The number of nitrogens with zero attached hydrogens (tertiary/aromatic N) is 1. The fraction of sp³-hybridized carbons (Fsp3) is 0.323. The average molecular weight is 500 g/mol. The third-order valence-electron chi connectivity index (χ3n) is 7.52. The molecule has 0 unspecified atom stereocenters. The zero-order valence-corrected chi connectivity index (χ0v) is 21.4. The van der Waals surface area contributed by atoms with Crippen LogP contribution >= 0.6 is 0 Å². The van der Waals surface area contributed by atoms with E-state index in [0.29, 0.717) is 54.8 Å². The van der Waals surface area contributed by atoms with E-state index in [1.165, 1.54) is 0 Å². The minimum absolute atomic E-state index is 0.177. The number of allylic oxidation sites excluding steroid dienone is 1. The van der Waals surface area contributed by atoms with Gasteiger partial charge in [-0.3, -0.25) is 0 Å². The number of piperidine rings is 1. The Bertz CT molecular complexity index is 1280. The lowest BCUT2D eigenvalue weighted by Gasteiger charge is -2.47. The Morgan fingerprint density at radius 2 is 1.54 bits per heavy atom. The van der Waals surface area contributed by atoms with Gasteiger partial charge in [-0.1, -0.05) is 48.5 Å². The summed E-state index contributed by atoms with van der Waals surface area (Å²) in [4.78, 5) is 13.0. The first-order valence-electron chi connectivity index (χ1n) is 12.8. The summed E-state index contributed by atoms with van der Waals surface area (Å²) in [6.45, 7) is 1.71. The largest absolute Gasteiger partial charge is 0.633 e. The molecule has 37 heavy (non-hydrogen) atoms. The molecule has 5 rings (SSSR count). The Morgan fingerprint density at radius 1 is 0.919 bits per heavy atom. The number of ether oxygens (including phenoxy) is 3. The molecule has 0 amide bonds. The molecule has 1 heterocycles. The number of methoxy groups -OCH3 is 2. The van der Waals surface area contributed by atoms with Crippen LogP contribution in [0.25, 0.3) is 5.76 Å². The topological polar surface area (TPSA) is 67.8 Å². The molecule has 1 aliphatic carbocycles. The van der Waals surface area contributed by atoms with Gasteiger partial charge in [-0.15, -0.1) is 0 Å². The van der Waals surface area contributed by atoms with Crippen molar-refractivity contribution in [2.75, 3.05) is 27.3 Å². The summed E-state index contributed by atoms with van der Waals surface area (Å²) in [5.74, 6) is 1.86. The molecule has 6 nitrogen and oxygen atoms in total. The minimum Gasteiger partial charge on any atom is -0.633 e.